The highest BCUT2D eigenvalue weighted by Gasteiger charge is 2.10. The van der Waals surface area contributed by atoms with Gasteiger partial charge in [-0.3, -0.25) is 0 Å². The average Bonchev–Trinajstić information content (AvgIpc) is 2.73. The fourth-order valence-corrected chi connectivity index (χ4v) is 3.76. The molecule has 1 heterocycles. The summed E-state index contributed by atoms with van der Waals surface area (Å²) in [6, 6.07) is 31.2. The first-order valence-corrected chi connectivity index (χ1v) is 9.18. The van der Waals surface area contributed by atoms with Crippen molar-refractivity contribution in [2.75, 3.05) is 0 Å². The van der Waals surface area contributed by atoms with Crippen molar-refractivity contribution in [1.29, 1.82) is 0 Å². The molecular weight excluding hydrogens is 352 g/mol. The number of halogens is 1. The molecule has 0 aliphatic carbocycles. The second kappa shape index (κ2) is 6.49. The Morgan fingerprint density at radius 1 is 0.593 bits per heavy atom. The van der Waals surface area contributed by atoms with Crippen molar-refractivity contribution in [3.8, 4) is 22.4 Å². The van der Waals surface area contributed by atoms with Gasteiger partial charge in [-0.15, -0.1) is 0 Å². The van der Waals surface area contributed by atoms with Crippen LogP contribution >= 0.6 is 11.6 Å². The molecule has 0 amide bonds. The first-order chi connectivity index (χ1) is 13.3. The van der Waals surface area contributed by atoms with Crippen molar-refractivity contribution in [3.05, 3.63) is 96.3 Å². The molecule has 1 aromatic heterocycles. The van der Waals surface area contributed by atoms with Gasteiger partial charge in [-0.25, -0.2) is 9.97 Å². The topological polar surface area (TPSA) is 25.8 Å². The van der Waals surface area contributed by atoms with Crippen LogP contribution in [-0.2, 0) is 0 Å². The van der Waals surface area contributed by atoms with Gasteiger partial charge >= 0.3 is 0 Å². The van der Waals surface area contributed by atoms with Crippen LogP contribution in [0.2, 0.25) is 5.28 Å². The minimum absolute atomic E-state index is 0.263. The third kappa shape index (κ3) is 2.84. The maximum atomic E-state index is 6.19. The van der Waals surface area contributed by atoms with Crippen molar-refractivity contribution in [2.45, 2.75) is 0 Å². The maximum absolute atomic E-state index is 6.19. The lowest BCUT2D eigenvalue weighted by Crippen LogP contribution is -1.91. The highest BCUT2D eigenvalue weighted by atomic mass is 35.5. The van der Waals surface area contributed by atoms with E-state index in [0.717, 1.165) is 27.7 Å². The number of rotatable bonds is 2. The van der Waals surface area contributed by atoms with Crippen molar-refractivity contribution in [1.82, 2.24) is 9.97 Å². The number of hydrogen-bond donors (Lipinski definition) is 0. The molecule has 0 N–H and O–H groups in total. The molecule has 0 atom stereocenters. The highest BCUT2D eigenvalue weighted by molar-refractivity contribution is 6.28. The number of aromatic nitrogens is 2. The normalized spacial score (nSPS) is 11.1. The monoisotopic (exact) mass is 366 g/mol. The van der Waals surface area contributed by atoms with Crippen LogP contribution in [0.15, 0.2) is 91.0 Å². The van der Waals surface area contributed by atoms with Crippen molar-refractivity contribution >= 4 is 33.3 Å². The van der Waals surface area contributed by atoms with E-state index in [1.807, 2.05) is 24.3 Å². The zero-order valence-corrected chi connectivity index (χ0v) is 15.2. The molecule has 0 saturated carbocycles. The van der Waals surface area contributed by atoms with Crippen LogP contribution in [0, 0.1) is 0 Å². The van der Waals surface area contributed by atoms with E-state index in [1.165, 1.54) is 16.3 Å². The average molecular weight is 367 g/mol. The Bertz CT molecular complexity index is 1290. The zero-order chi connectivity index (χ0) is 18.2. The number of para-hydroxylation sites is 1. The molecule has 2 nitrogen and oxygen atoms in total. The van der Waals surface area contributed by atoms with Gasteiger partial charge in [-0.2, -0.15) is 0 Å². The van der Waals surface area contributed by atoms with Crippen LogP contribution in [-0.4, -0.2) is 9.97 Å². The second-order valence-corrected chi connectivity index (χ2v) is 6.80. The van der Waals surface area contributed by atoms with Gasteiger partial charge in [0.15, 0.2) is 0 Å². The Kier molecular flexibility index (Phi) is 3.84. The molecule has 0 bridgehead atoms. The molecule has 5 rings (SSSR count). The molecule has 0 aliphatic heterocycles. The van der Waals surface area contributed by atoms with Crippen LogP contribution in [0.25, 0.3) is 44.1 Å². The summed E-state index contributed by atoms with van der Waals surface area (Å²) in [6.45, 7) is 0. The quantitative estimate of drug-likeness (QED) is 0.322. The van der Waals surface area contributed by atoms with Gasteiger partial charge in [0, 0.05) is 10.9 Å². The Morgan fingerprint density at radius 3 is 2.22 bits per heavy atom. The molecule has 0 saturated heterocycles. The van der Waals surface area contributed by atoms with Crippen LogP contribution < -0.4 is 0 Å². The molecular formula is C24H15ClN2. The standard InChI is InChI=1S/C24H15ClN2/c25-24-26-22-14-4-3-12-21(22)23(27-24)18-10-5-9-17(15-18)20-13-6-8-16-7-1-2-11-19(16)20/h1-15H. The van der Waals surface area contributed by atoms with Crippen LogP contribution in [0.3, 0.4) is 0 Å². The molecule has 4 aromatic carbocycles. The second-order valence-electron chi connectivity index (χ2n) is 6.47. The summed E-state index contributed by atoms with van der Waals surface area (Å²) in [4.78, 5) is 8.86. The van der Waals surface area contributed by atoms with Gasteiger partial charge in [-0.05, 0) is 45.6 Å². The van der Waals surface area contributed by atoms with E-state index in [4.69, 9.17) is 11.6 Å². The third-order valence-electron chi connectivity index (χ3n) is 4.81. The van der Waals surface area contributed by atoms with Gasteiger partial charge < -0.3 is 0 Å². The van der Waals surface area contributed by atoms with Gasteiger partial charge in [-0.1, -0.05) is 78.9 Å². The number of benzene rings is 4. The Labute approximate surface area is 162 Å². The minimum atomic E-state index is 0.263. The first-order valence-electron chi connectivity index (χ1n) is 8.80. The third-order valence-corrected chi connectivity index (χ3v) is 4.98. The lowest BCUT2D eigenvalue weighted by atomic mass is 9.96. The van der Waals surface area contributed by atoms with Crippen LogP contribution in [0.1, 0.15) is 0 Å². The predicted octanol–water partition coefficient (Wildman–Crippen LogP) is 6.77. The summed E-state index contributed by atoms with van der Waals surface area (Å²) >= 11 is 6.19. The van der Waals surface area contributed by atoms with Gasteiger partial charge in [0.1, 0.15) is 0 Å². The fourth-order valence-electron chi connectivity index (χ4n) is 3.58. The summed E-state index contributed by atoms with van der Waals surface area (Å²) in [6.07, 6.45) is 0. The van der Waals surface area contributed by atoms with E-state index in [2.05, 4.69) is 76.7 Å². The van der Waals surface area contributed by atoms with E-state index in [1.54, 1.807) is 0 Å². The molecule has 3 heteroatoms. The molecule has 0 radical (unpaired) electrons. The van der Waals surface area contributed by atoms with E-state index < -0.39 is 0 Å². The largest absolute Gasteiger partial charge is 0.223 e. The van der Waals surface area contributed by atoms with Gasteiger partial charge in [0.05, 0.1) is 11.2 Å². The summed E-state index contributed by atoms with van der Waals surface area (Å²) < 4.78 is 0. The Hall–Kier alpha value is -3.23. The molecule has 0 unspecified atom stereocenters. The van der Waals surface area contributed by atoms with Crippen molar-refractivity contribution < 1.29 is 0 Å². The lowest BCUT2D eigenvalue weighted by Gasteiger charge is -2.10. The van der Waals surface area contributed by atoms with E-state index >= 15 is 0 Å². The summed E-state index contributed by atoms with van der Waals surface area (Å²) in [5.41, 5.74) is 5.10. The Balaban J connectivity index is 1.74. The molecule has 0 spiro atoms. The van der Waals surface area contributed by atoms with E-state index in [0.29, 0.717) is 0 Å². The smallest absolute Gasteiger partial charge is 0.218 e. The van der Waals surface area contributed by atoms with Gasteiger partial charge in [0.2, 0.25) is 5.28 Å². The number of fused-ring (bicyclic) bond motifs is 2. The van der Waals surface area contributed by atoms with Crippen LogP contribution in [0.5, 0.6) is 0 Å². The lowest BCUT2D eigenvalue weighted by molar-refractivity contribution is 1.22. The summed E-state index contributed by atoms with van der Waals surface area (Å²) in [5.74, 6) is 0. The zero-order valence-electron chi connectivity index (χ0n) is 14.4. The summed E-state index contributed by atoms with van der Waals surface area (Å²) in [7, 11) is 0. The van der Waals surface area contributed by atoms with Gasteiger partial charge in [0.25, 0.3) is 0 Å². The highest BCUT2D eigenvalue weighted by Crippen LogP contribution is 2.33. The Morgan fingerprint density at radius 2 is 1.30 bits per heavy atom. The molecule has 27 heavy (non-hydrogen) atoms. The van der Waals surface area contributed by atoms with E-state index in [9.17, 15) is 0 Å². The molecule has 5 aromatic rings. The predicted molar refractivity (Wildman–Crippen MR) is 113 cm³/mol. The van der Waals surface area contributed by atoms with Crippen molar-refractivity contribution in [2.24, 2.45) is 0 Å². The SMILES string of the molecule is Clc1nc(-c2cccc(-c3cccc4ccccc34)c2)c2ccccc2n1. The number of hydrogen-bond acceptors (Lipinski definition) is 2. The molecule has 0 aliphatic rings. The fraction of sp³-hybridized carbons (Fsp3) is 0. The molecule has 128 valence electrons. The summed E-state index contributed by atoms with van der Waals surface area (Å²) in [5, 5.41) is 3.73. The maximum Gasteiger partial charge on any atom is 0.223 e. The van der Waals surface area contributed by atoms with E-state index in [-0.39, 0.29) is 5.28 Å². The number of nitrogens with zero attached hydrogens (tertiary/aromatic N) is 2. The van der Waals surface area contributed by atoms with Crippen LogP contribution in [0.4, 0.5) is 0 Å². The first kappa shape index (κ1) is 16.0. The molecule has 0 fully saturated rings. The minimum Gasteiger partial charge on any atom is -0.218 e. The van der Waals surface area contributed by atoms with Crippen molar-refractivity contribution in [3.63, 3.8) is 0 Å².